The van der Waals surface area contributed by atoms with Crippen LogP contribution in [0.4, 0.5) is 39.5 Å². The molecule has 0 aliphatic carbocycles. The maximum absolute atomic E-state index is 12.5. The van der Waals surface area contributed by atoms with Gasteiger partial charge in [-0.25, -0.2) is 0 Å². The third kappa shape index (κ3) is 5.68. The Morgan fingerprint density at radius 3 is 1.48 bits per heavy atom. The van der Waals surface area contributed by atoms with E-state index in [0.717, 1.165) is 0 Å². The van der Waals surface area contributed by atoms with E-state index in [1.807, 2.05) is 0 Å². The second-order valence-corrected chi connectivity index (χ2v) is 4.06. The lowest BCUT2D eigenvalue weighted by Gasteiger charge is -2.13. The molecule has 1 rings (SSSR count). The van der Waals surface area contributed by atoms with Gasteiger partial charge in [0.2, 0.25) is 0 Å². The minimum atomic E-state index is -5.03. The topological polar surface area (TPSA) is 0 Å². The molecule has 1 aromatic carbocycles. The molecule has 0 amide bonds. The molecule has 0 bridgehead atoms. The molecular weight excluding hydrogens is 315 g/mol. The molecule has 0 atom stereocenters. The molecule has 0 saturated carbocycles. The number of benzene rings is 1. The SMILES string of the molecule is FC(F)(F)CC=Cc1cc(C(F)(F)F)cc(C(F)(F)F)c1. The van der Waals surface area contributed by atoms with Gasteiger partial charge in [-0.15, -0.1) is 0 Å². The van der Waals surface area contributed by atoms with Crippen molar-refractivity contribution >= 4 is 6.08 Å². The van der Waals surface area contributed by atoms with Crippen molar-refractivity contribution in [1.82, 2.24) is 0 Å². The average molecular weight is 322 g/mol. The molecule has 1 aromatic rings. The summed E-state index contributed by atoms with van der Waals surface area (Å²) in [4.78, 5) is 0. The summed E-state index contributed by atoms with van der Waals surface area (Å²) in [7, 11) is 0. The van der Waals surface area contributed by atoms with Crippen LogP contribution in [-0.2, 0) is 12.4 Å². The highest BCUT2D eigenvalue weighted by Crippen LogP contribution is 2.36. The molecule has 9 heteroatoms. The van der Waals surface area contributed by atoms with Crippen LogP contribution in [0.2, 0.25) is 0 Å². The van der Waals surface area contributed by atoms with Crippen LogP contribution in [0.15, 0.2) is 24.3 Å². The van der Waals surface area contributed by atoms with Crippen molar-refractivity contribution in [3.05, 3.63) is 41.0 Å². The van der Waals surface area contributed by atoms with E-state index in [1.54, 1.807) is 0 Å². The number of alkyl halides is 9. The van der Waals surface area contributed by atoms with Gasteiger partial charge in [0.05, 0.1) is 17.5 Å². The summed E-state index contributed by atoms with van der Waals surface area (Å²) in [6.45, 7) is 0. The lowest BCUT2D eigenvalue weighted by atomic mass is 10.0. The van der Waals surface area contributed by atoms with Gasteiger partial charge in [-0.05, 0) is 23.8 Å². The summed E-state index contributed by atoms with van der Waals surface area (Å²) in [6.07, 6.45) is -15.1. The van der Waals surface area contributed by atoms with E-state index in [0.29, 0.717) is 24.3 Å². The fourth-order valence-corrected chi connectivity index (χ4v) is 1.40. The van der Waals surface area contributed by atoms with Crippen LogP contribution in [0.1, 0.15) is 23.1 Å². The molecule has 0 nitrogen and oxygen atoms in total. The Morgan fingerprint density at radius 2 is 1.14 bits per heavy atom. The predicted molar refractivity (Wildman–Crippen MR) is 56.2 cm³/mol. The van der Waals surface area contributed by atoms with E-state index in [2.05, 4.69) is 0 Å². The molecule has 0 N–H and O–H groups in total. The van der Waals surface area contributed by atoms with E-state index in [1.165, 1.54) is 0 Å². The highest BCUT2D eigenvalue weighted by atomic mass is 19.4. The molecule has 0 radical (unpaired) electrons. The Labute approximate surface area is 112 Å². The van der Waals surface area contributed by atoms with Crippen LogP contribution in [0.5, 0.6) is 0 Å². The van der Waals surface area contributed by atoms with Crippen LogP contribution < -0.4 is 0 Å². The third-order valence-electron chi connectivity index (χ3n) is 2.27. The van der Waals surface area contributed by atoms with Crippen LogP contribution in [0.3, 0.4) is 0 Å². The van der Waals surface area contributed by atoms with Crippen molar-refractivity contribution in [2.75, 3.05) is 0 Å². The molecule has 0 spiro atoms. The smallest absolute Gasteiger partial charge is 0.171 e. The summed E-state index contributed by atoms with van der Waals surface area (Å²) >= 11 is 0. The normalized spacial score (nSPS) is 14.0. The molecule has 0 heterocycles. The first-order valence-corrected chi connectivity index (χ1v) is 5.32. The van der Waals surface area contributed by atoms with E-state index >= 15 is 0 Å². The van der Waals surface area contributed by atoms with Gasteiger partial charge in [-0.3, -0.25) is 0 Å². The molecule has 0 fully saturated rings. The first kappa shape index (κ1) is 17.4. The number of hydrogen-bond donors (Lipinski definition) is 0. The summed E-state index contributed by atoms with van der Waals surface area (Å²) < 4.78 is 111. The summed E-state index contributed by atoms with van der Waals surface area (Å²) in [6, 6.07) is 0.603. The fraction of sp³-hybridized carbons (Fsp3) is 0.333. The maximum atomic E-state index is 12.5. The lowest BCUT2D eigenvalue weighted by Crippen LogP contribution is -2.11. The molecule has 0 aliphatic heterocycles. The number of halogens is 9. The molecule has 0 aliphatic rings. The van der Waals surface area contributed by atoms with Crippen molar-refractivity contribution < 1.29 is 39.5 Å². The summed E-state index contributed by atoms with van der Waals surface area (Å²) in [5, 5.41) is 0. The van der Waals surface area contributed by atoms with Gasteiger partial charge in [0, 0.05) is 0 Å². The minimum absolute atomic E-state index is 0.0961. The number of rotatable bonds is 2. The van der Waals surface area contributed by atoms with Crippen LogP contribution in [0, 0.1) is 0 Å². The molecule has 0 aromatic heterocycles. The third-order valence-corrected chi connectivity index (χ3v) is 2.27. The second-order valence-electron chi connectivity index (χ2n) is 4.06. The zero-order valence-electron chi connectivity index (χ0n) is 10.00. The predicted octanol–water partition coefficient (Wildman–Crippen LogP) is 5.69. The largest absolute Gasteiger partial charge is 0.416 e. The second kappa shape index (κ2) is 5.61. The van der Waals surface area contributed by atoms with E-state index in [-0.39, 0.29) is 6.07 Å². The first-order chi connectivity index (χ1) is 9.29. The van der Waals surface area contributed by atoms with Gasteiger partial charge in [0.15, 0.2) is 0 Å². The standard InChI is InChI=1S/C12H7F9/c13-10(14,15)3-1-2-7-4-8(11(16,17)18)6-9(5-7)12(19,20)21/h1-2,4-6H,3H2. The molecule has 0 unspecified atom stereocenters. The number of hydrogen-bond acceptors (Lipinski definition) is 0. The Kier molecular flexibility index (Phi) is 4.64. The quantitative estimate of drug-likeness (QED) is 0.614. The van der Waals surface area contributed by atoms with Gasteiger partial charge in [-0.1, -0.05) is 12.2 Å². The Balaban J connectivity index is 3.20. The van der Waals surface area contributed by atoms with Crippen LogP contribution in [0.25, 0.3) is 6.08 Å². The lowest BCUT2D eigenvalue weighted by molar-refractivity contribution is -0.143. The molecular formula is C12H7F9. The average Bonchev–Trinajstić information content (AvgIpc) is 2.24. The number of allylic oxidation sites excluding steroid dienone is 1. The van der Waals surface area contributed by atoms with Crippen LogP contribution in [-0.4, -0.2) is 6.18 Å². The highest BCUT2D eigenvalue weighted by Gasteiger charge is 2.36. The Morgan fingerprint density at radius 1 is 0.714 bits per heavy atom. The van der Waals surface area contributed by atoms with Gasteiger partial charge < -0.3 is 0 Å². The van der Waals surface area contributed by atoms with Crippen molar-refractivity contribution in [1.29, 1.82) is 0 Å². The maximum Gasteiger partial charge on any atom is 0.416 e. The van der Waals surface area contributed by atoms with Gasteiger partial charge >= 0.3 is 18.5 Å². The van der Waals surface area contributed by atoms with Crippen molar-refractivity contribution in [2.24, 2.45) is 0 Å². The molecule has 118 valence electrons. The van der Waals surface area contributed by atoms with Gasteiger partial charge in [0.1, 0.15) is 0 Å². The summed E-state index contributed by atoms with van der Waals surface area (Å²) in [5.41, 5.74) is -3.77. The highest BCUT2D eigenvalue weighted by molar-refractivity contribution is 5.53. The molecule has 0 saturated heterocycles. The van der Waals surface area contributed by atoms with Crippen molar-refractivity contribution in [3.63, 3.8) is 0 Å². The zero-order valence-corrected chi connectivity index (χ0v) is 10.00. The monoisotopic (exact) mass is 322 g/mol. The zero-order chi connectivity index (χ0) is 16.5. The van der Waals surface area contributed by atoms with Gasteiger partial charge in [0.25, 0.3) is 0 Å². The molecule has 21 heavy (non-hydrogen) atoms. The minimum Gasteiger partial charge on any atom is -0.171 e. The van der Waals surface area contributed by atoms with E-state index in [4.69, 9.17) is 0 Å². The van der Waals surface area contributed by atoms with E-state index in [9.17, 15) is 39.5 Å². The van der Waals surface area contributed by atoms with Crippen molar-refractivity contribution in [2.45, 2.75) is 24.9 Å². The Bertz CT molecular complexity index is 485. The van der Waals surface area contributed by atoms with E-state index < -0.39 is 41.6 Å². The summed E-state index contributed by atoms with van der Waals surface area (Å²) in [5.74, 6) is 0. The Hall–Kier alpha value is -1.67. The first-order valence-electron chi connectivity index (χ1n) is 5.32. The van der Waals surface area contributed by atoms with Crippen LogP contribution >= 0.6 is 0 Å². The fourth-order valence-electron chi connectivity index (χ4n) is 1.40. The van der Waals surface area contributed by atoms with Crippen molar-refractivity contribution in [3.8, 4) is 0 Å². The van der Waals surface area contributed by atoms with Gasteiger partial charge in [-0.2, -0.15) is 39.5 Å².